The topological polar surface area (TPSA) is 66.3 Å². The highest BCUT2D eigenvalue weighted by Gasteiger charge is 2.06. The van der Waals surface area contributed by atoms with Gasteiger partial charge in [-0.1, -0.05) is 12.1 Å². The number of nitrogens with zero attached hydrogens (tertiary/aromatic N) is 3. The van der Waals surface area contributed by atoms with Gasteiger partial charge in [-0.3, -0.25) is 0 Å². The van der Waals surface area contributed by atoms with E-state index in [4.69, 9.17) is 5.11 Å². The molecule has 0 bridgehead atoms. The Bertz CT molecular complexity index is 602. The maximum atomic E-state index is 10.8. The van der Waals surface area contributed by atoms with Gasteiger partial charge in [0.2, 0.25) is 0 Å². The fourth-order valence-electron chi connectivity index (χ4n) is 1.76. The maximum Gasteiger partial charge on any atom is 0.335 e. The van der Waals surface area contributed by atoms with Crippen LogP contribution in [0.15, 0.2) is 41.7 Å². The third-order valence-electron chi connectivity index (χ3n) is 2.85. The van der Waals surface area contributed by atoms with Crippen molar-refractivity contribution in [2.24, 2.45) is 0 Å². The van der Waals surface area contributed by atoms with Gasteiger partial charge in [0.1, 0.15) is 17.2 Å². The number of hydrogen-bond donors (Lipinski definition) is 1. The van der Waals surface area contributed by atoms with E-state index in [1.165, 1.54) is 0 Å². The van der Waals surface area contributed by atoms with E-state index in [0.29, 0.717) is 12.1 Å². The SMILES string of the molecule is CSc1cc(N(C)Cc2ccc(C(=O)O)cc2)ncn1. The van der Waals surface area contributed by atoms with E-state index in [1.807, 2.05) is 36.4 Å². The largest absolute Gasteiger partial charge is 0.478 e. The molecule has 0 aliphatic rings. The summed E-state index contributed by atoms with van der Waals surface area (Å²) in [4.78, 5) is 21.2. The second kappa shape index (κ2) is 6.38. The first-order chi connectivity index (χ1) is 9.60. The predicted molar refractivity (Wildman–Crippen MR) is 79.3 cm³/mol. The van der Waals surface area contributed by atoms with Crippen LogP contribution < -0.4 is 4.90 Å². The van der Waals surface area contributed by atoms with Crippen LogP contribution in [-0.2, 0) is 6.54 Å². The average molecular weight is 289 g/mol. The van der Waals surface area contributed by atoms with Crippen molar-refractivity contribution in [3.63, 3.8) is 0 Å². The minimum atomic E-state index is -0.912. The van der Waals surface area contributed by atoms with Crippen LogP contribution in [0.3, 0.4) is 0 Å². The van der Waals surface area contributed by atoms with Crippen molar-refractivity contribution in [3.05, 3.63) is 47.8 Å². The highest BCUT2D eigenvalue weighted by atomic mass is 32.2. The fourth-order valence-corrected chi connectivity index (χ4v) is 2.13. The summed E-state index contributed by atoms with van der Waals surface area (Å²) >= 11 is 1.57. The smallest absolute Gasteiger partial charge is 0.335 e. The van der Waals surface area contributed by atoms with Gasteiger partial charge in [-0.25, -0.2) is 14.8 Å². The van der Waals surface area contributed by atoms with Crippen LogP contribution in [0.25, 0.3) is 0 Å². The molecule has 0 spiro atoms. The van der Waals surface area contributed by atoms with E-state index < -0.39 is 5.97 Å². The minimum absolute atomic E-state index is 0.295. The van der Waals surface area contributed by atoms with Gasteiger partial charge in [-0.15, -0.1) is 11.8 Å². The molecule has 0 aliphatic carbocycles. The molecule has 0 amide bonds. The molecule has 0 atom stereocenters. The zero-order valence-electron chi connectivity index (χ0n) is 11.3. The van der Waals surface area contributed by atoms with Crippen molar-refractivity contribution in [1.82, 2.24) is 9.97 Å². The number of rotatable bonds is 5. The molecule has 0 radical (unpaired) electrons. The first-order valence-electron chi connectivity index (χ1n) is 5.99. The molecular formula is C14H15N3O2S. The first kappa shape index (κ1) is 14.3. The fraction of sp³-hybridized carbons (Fsp3) is 0.214. The lowest BCUT2D eigenvalue weighted by atomic mass is 10.1. The van der Waals surface area contributed by atoms with Gasteiger partial charge in [-0.05, 0) is 24.0 Å². The number of aromatic nitrogens is 2. The van der Waals surface area contributed by atoms with Crippen LogP contribution in [0.1, 0.15) is 15.9 Å². The molecule has 1 heterocycles. The Morgan fingerprint density at radius 2 is 2.00 bits per heavy atom. The van der Waals surface area contributed by atoms with Crippen LogP contribution >= 0.6 is 11.8 Å². The van der Waals surface area contributed by atoms with E-state index in [-0.39, 0.29) is 0 Å². The van der Waals surface area contributed by atoms with Crippen LogP contribution in [0, 0.1) is 0 Å². The molecule has 0 saturated heterocycles. The summed E-state index contributed by atoms with van der Waals surface area (Å²) in [7, 11) is 1.94. The first-order valence-corrected chi connectivity index (χ1v) is 7.22. The highest BCUT2D eigenvalue weighted by molar-refractivity contribution is 7.98. The number of hydrogen-bond acceptors (Lipinski definition) is 5. The number of anilines is 1. The van der Waals surface area contributed by atoms with Gasteiger partial charge >= 0.3 is 5.97 Å². The van der Waals surface area contributed by atoms with Crippen molar-refractivity contribution in [1.29, 1.82) is 0 Å². The number of aromatic carboxylic acids is 1. The van der Waals surface area contributed by atoms with Crippen molar-refractivity contribution in [3.8, 4) is 0 Å². The summed E-state index contributed by atoms with van der Waals surface area (Å²) in [5.41, 5.74) is 1.32. The van der Waals surface area contributed by atoms with Crippen LogP contribution in [0.5, 0.6) is 0 Å². The molecule has 1 aromatic carbocycles. The van der Waals surface area contributed by atoms with E-state index in [9.17, 15) is 4.79 Å². The molecule has 1 aromatic heterocycles. The zero-order valence-corrected chi connectivity index (χ0v) is 12.1. The average Bonchev–Trinajstić information content (AvgIpc) is 2.47. The molecule has 2 rings (SSSR count). The van der Waals surface area contributed by atoms with Crippen molar-refractivity contribution in [2.75, 3.05) is 18.2 Å². The van der Waals surface area contributed by atoms with Gasteiger partial charge in [0.05, 0.1) is 5.56 Å². The zero-order chi connectivity index (χ0) is 14.5. The molecular weight excluding hydrogens is 274 g/mol. The van der Waals surface area contributed by atoms with E-state index in [1.54, 1.807) is 30.2 Å². The lowest BCUT2D eigenvalue weighted by Crippen LogP contribution is -2.17. The highest BCUT2D eigenvalue weighted by Crippen LogP contribution is 2.18. The molecule has 0 fully saturated rings. The molecule has 0 unspecified atom stereocenters. The van der Waals surface area contributed by atoms with Crippen LogP contribution in [0.4, 0.5) is 5.82 Å². The maximum absolute atomic E-state index is 10.8. The Balaban J connectivity index is 2.10. The van der Waals surface area contributed by atoms with Crippen molar-refractivity contribution in [2.45, 2.75) is 11.6 Å². The molecule has 104 valence electrons. The second-order valence-corrected chi connectivity index (χ2v) is 5.10. The molecule has 6 heteroatoms. The van der Waals surface area contributed by atoms with Crippen LogP contribution in [0.2, 0.25) is 0 Å². The molecule has 5 nitrogen and oxygen atoms in total. The van der Waals surface area contributed by atoms with Crippen molar-refractivity contribution >= 4 is 23.5 Å². The molecule has 0 saturated carbocycles. The Kier molecular flexibility index (Phi) is 4.57. The Morgan fingerprint density at radius 1 is 1.30 bits per heavy atom. The van der Waals surface area contributed by atoms with Crippen LogP contribution in [-0.4, -0.2) is 34.3 Å². The Labute approximate surface area is 121 Å². The predicted octanol–water partition coefficient (Wildman–Crippen LogP) is 2.53. The summed E-state index contributed by atoms with van der Waals surface area (Å²) in [6.45, 7) is 0.657. The number of carboxylic acids is 1. The summed E-state index contributed by atoms with van der Waals surface area (Å²) in [5, 5.41) is 9.78. The Hall–Kier alpha value is -2.08. The molecule has 1 N–H and O–H groups in total. The van der Waals surface area contributed by atoms with E-state index in [2.05, 4.69) is 9.97 Å². The monoisotopic (exact) mass is 289 g/mol. The third kappa shape index (κ3) is 3.48. The number of thioether (sulfide) groups is 1. The molecule has 0 aliphatic heterocycles. The molecule has 2 aromatic rings. The van der Waals surface area contributed by atoms with Gasteiger partial charge in [0.15, 0.2) is 0 Å². The van der Waals surface area contributed by atoms with Gasteiger partial charge < -0.3 is 10.0 Å². The van der Waals surface area contributed by atoms with Gasteiger partial charge in [0.25, 0.3) is 0 Å². The standard InChI is InChI=1S/C14H15N3O2S/c1-17(12-7-13(20-2)16-9-15-12)8-10-3-5-11(6-4-10)14(18)19/h3-7,9H,8H2,1-2H3,(H,18,19). The number of carbonyl (C=O) groups is 1. The van der Waals surface area contributed by atoms with Crippen molar-refractivity contribution < 1.29 is 9.90 Å². The normalized spacial score (nSPS) is 10.3. The van der Waals surface area contributed by atoms with Gasteiger partial charge in [0, 0.05) is 19.7 Å². The summed E-state index contributed by atoms with van der Waals surface area (Å²) in [5.74, 6) is -0.0722. The lowest BCUT2D eigenvalue weighted by Gasteiger charge is -2.18. The van der Waals surface area contributed by atoms with E-state index in [0.717, 1.165) is 16.4 Å². The van der Waals surface area contributed by atoms with E-state index >= 15 is 0 Å². The summed E-state index contributed by atoms with van der Waals surface area (Å²) in [6, 6.07) is 8.78. The minimum Gasteiger partial charge on any atom is -0.478 e. The quantitative estimate of drug-likeness (QED) is 0.674. The molecule has 20 heavy (non-hydrogen) atoms. The summed E-state index contributed by atoms with van der Waals surface area (Å²) in [6.07, 6.45) is 3.52. The number of benzene rings is 1. The summed E-state index contributed by atoms with van der Waals surface area (Å²) < 4.78 is 0. The Morgan fingerprint density at radius 3 is 2.60 bits per heavy atom. The third-order valence-corrected chi connectivity index (χ3v) is 3.49. The van der Waals surface area contributed by atoms with Gasteiger partial charge in [-0.2, -0.15) is 0 Å². The number of carboxylic acid groups (broad SMARTS) is 1. The second-order valence-electron chi connectivity index (χ2n) is 4.28. The lowest BCUT2D eigenvalue weighted by molar-refractivity contribution is 0.0697.